The number of pyridine rings is 1. The number of hydrogen-bond acceptors (Lipinski definition) is 7. The van der Waals surface area contributed by atoms with E-state index in [9.17, 15) is 14.4 Å². The van der Waals surface area contributed by atoms with Gasteiger partial charge in [0, 0.05) is 36.6 Å². The van der Waals surface area contributed by atoms with E-state index in [1.807, 2.05) is 13.0 Å². The highest BCUT2D eigenvalue weighted by atomic mass is 19.1. The highest BCUT2D eigenvalue weighted by Gasteiger charge is 2.20. The fraction of sp³-hybridized carbons (Fsp3) is 0.238. The molecule has 0 saturated heterocycles. The second-order valence-electron chi connectivity index (χ2n) is 7.01. The molecular formula is C21H18FN5O3. The number of aryl methyl sites for hydroxylation is 1. The van der Waals surface area contributed by atoms with Crippen LogP contribution in [0.4, 0.5) is 10.2 Å². The number of nitrogens with one attached hydrogen (secondary N) is 1. The van der Waals surface area contributed by atoms with Gasteiger partial charge in [0.15, 0.2) is 11.6 Å². The van der Waals surface area contributed by atoms with Crippen LogP contribution >= 0.6 is 0 Å². The minimum Gasteiger partial charge on any atom is -0.473 e. The molecule has 9 heteroatoms. The molecule has 3 heterocycles. The Labute approximate surface area is 171 Å². The third kappa shape index (κ3) is 3.93. The third-order valence-electron chi connectivity index (χ3n) is 4.54. The number of nitrogens with zero attached hydrogens (tertiary/aromatic N) is 4. The molecule has 1 aromatic carbocycles. The molecule has 1 aliphatic heterocycles. The van der Waals surface area contributed by atoms with E-state index < -0.39 is 11.5 Å². The van der Waals surface area contributed by atoms with Gasteiger partial charge in [-0.15, -0.1) is 0 Å². The summed E-state index contributed by atoms with van der Waals surface area (Å²) in [7, 11) is 0. The monoisotopic (exact) mass is 407 g/mol. The molecule has 3 aromatic rings. The third-order valence-corrected chi connectivity index (χ3v) is 4.54. The van der Waals surface area contributed by atoms with Crippen molar-refractivity contribution in [3.05, 3.63) is 69.7 Å². The molecule has 0 spiro atoms. The normalized spacial score (nSPS) is 14.5. The number of hydrogen-bond donors (Lipinski definition) is 1. The first-order chi connectivity index (χ1) is 14.4. The van der Waals surface area contributed by atoms with Crippen LogP contribution in [0.3, 0.4) is 0 Å². The summed E-state index contributed by atoms with van der Waals surface area (Å²) >= 11 is 0. The molecule has 0 radical (unpaired) electrons. The first-order valence-electron chi connectivity index (χ1n) is 9.27. The van der Waals surface area contributed by atoms with E-state index in [0.717, 1.165) is 0 Å². The molecule has 0 unspecified atom stereocenters. The summed E-state index contributed by atoms with van der Waals surface area (Å²) in [6, 6.07) is 9.62. The quantitative estimate of drug-likeness (QED) is 0.693. The first kappa shape index (κ1) is 19.4. The van der Waals surface area contributed by atoms with Gasteiger partial charge in [0.1, 0.15) is 24.2 Å². The van der Waals surface area contributed by atoms with E-state index >= 15 is 0 Å². The van der Waals surface area contributed by atoms with Crippen LogP contribution in [0, 0.1) is 24.1 Å². The summed E-state index contributed by atoms with van der Waals surface area (Å²) in [6.07, 6.45) is 1.54. The van der Waals surface area contributed by atoms with Crippen molar-refractivity contribution in [2.75, 3.05) is 5.32 Å². The van der Waals surface area contributed by atoms with E-state index in [-0.39, 0.29) is 29.8 Å². The number of halogens is 1. The summed E-state index contributed by atoms with van der Waals surface area (Å²) in [5, 5.41) is 12.6. The SMILES string of the molecule is Cc1cc(Oc2c(F)cc(COc3cc4n(c(=O)n3)C[C@@H](C)N4)cc2C#N)ccn1. The van der Waals surface area contributed by atoms with Gasteiger partial charge >= 0.3 is 5.69 Å². The maximum Gasteiger partial charge on any atom is 0.352 e. The molecular weight excluding hydrogens is 389 g/mol. The number of benzene rings is 1. The van der Waals surface area contributed by atoms with Crippen LogP contribution in [-0.2, 0) is 13.2 Å². The van der Waals surface area contributed by atoms with Crippen LogP contribution in [-0.4, -0.2) is 20.6 Å². The fourth-order valence-corrected chi connectivity index (χ4v) is 3.20. The smallest absolute Gasteiger partial charge is 0.352 e. The van der Waals surface area contributed by atoms with Crippen molar-refractivity contribution in [2.45, 2.75) is 33.0 Å². The van der Waals surface area contributed by atoms with Gasteiger partial charge in [-0.05, 0) is 37.6 Å². The van der Waals surface area contributed by atoms with Gasteiger partial charge < -0.3 is 14.8 Å². The van der Waals surface area contributed by atoms with Gasteiger partial charge in [-0.3, -0.25) is 9.55 Å². The minimum absolute atomic E-state index is 0.0283. The summed E-state index contributed by atoms with van der Waals surface area (Å²) < 4.78 is 27.3. The molecule has 0 amide bonds. The lowest BCUT2D eigenvalue weighted by molar-refractivity contribution is 0.290. The highest BCUT2D eigenvalue weighted by Crippen LogP contribution is 2.30. The molecule has 0 fully saturated rings. The zero-order valence-corrected chi connectivity index (χ0v) is 16.3. The maximum atomic E-state index is 14.7. The Bertz CT molecular complexity index is 1220. The van der Waals surface area contributed by atoms with E-state index in [1.54, 1.807) is 31.3 Å². The van der Waals surface area contributed by atoms with Crippen LogP contribution in [0.15, 0.2) is 41.3 Å². The number of nitriles is 1. The standard InChI is InChI=1S/C21H18FN5O3/c1-12-5-16(3-4-24-12)30-20-15(9-23)6-14(7-17(20)22)11-29-19-8-18-25-13(2)10-27(18)21(28)26-19/h3-8,13,25H,10-11H2,1-2H3/t13-/m1/s1. The van der Waals surface area contributed by atoms with Gasteiger partial charge in [0.05, 0.1) is 5.56 Å². The zero-order chi connectivity index (χ0) is 21.3. The van der Waals surface area contributed by atoms with Gasteiger partial charge in [-0.1, -0.05) is 0 Å². The number of fused-ring (bicyclic) bond motifs is 1. The van der Waals surface area contributed by atoms with Gasteiger partial charge in [-0.2, -0.15) is 10.2 Å². The molecule has 8 nitrogen and oxygen atoms in total. The molecule has 1 N–H and O–H groups in total. The Balaban J connectivity index is 1.54. The van der Waals surface area contributed by atoms with Gasteiger partial charge in [0.25, 0.3) is 0 Å². The van der Waals surface area contributed by atoms with Crippen molar-refractivity contribution < 1.29 is 13.9 Å². The van der Waals surface area contributed by atoms with Crippen molar-refractivity contribution in [3.63, 3.8) is 0 Å². The van der Waals surface area contributed by atoms with Crippen molar-refractivity contribution in [1.29, 1.82) is 5.26 Å². The summed E-state index contributed by atoms with van der Waals surface area (Å²) in [5.41, 5.74) is 0.726. The summed E-state index contributed by atoms with van der Waals surface area (Å²) in [4.78, 5) is 20.0. The highest BCUT2D eigenvalue weighted by molar-refractivity contribution is 5.48. The molecule has 0 aliphatic carbocycles. The molecule has 1 atom stereocenters. The molecule has 0 saturated carbocycles. The van der Waals surface area contributed by atoms with Crippen molar-refractivity contribution in [1.82, 2.24) is 14.5 Å². The van der Waals surface area contributed by atoms with Crippen molar-refractivity contribution in [2.24, 2.45) is 0 Å². The molecule has 0 bridgehead atoms. The van der Waals surface area contributed by atoms with Crippen molar-refractivity contribution in [3.8, 4) is 23.4 Å². The molecule has 1 aliphatic rings. The number of rotatable bonds is 5. The fourth-order valence-electron chi connectivity index (χ4n) is 3.20. The Morgan fingerprint density at radius 2 is 2.20 bits per heavy atom. The summed E-state index contributed by atoms with van der Waals surface area (Å²) in [6.45, 7) is 4.21. The Morgan fingerprint density at radius 1 is 1.37 bits per heavy atom. The lowest BCUT2D eigenvalue weighted by Gasteiger charge is -2.12. The van der Waals surface area contributed by atoms with E-state index in [2.05, 4.69) is 15.3 Å². The Kier molecular flexibility index (Phi) is 5.06. The second-order valence-corrected chi connectivity index (χ2v) is 7.01. The van der Waals surface area contributed by atoms with E-state index in [1.165, 1.54) is 16.7 Å². The molecule has 152 valence electrons. The molecule has 4 rings (SSSR count). The maximum absolute atomic E-state index is 14.7. The molecule has 30 heavy (non-hydrogen) atoms. The predicted molar refractivity (Wildman–Crippen MR) is 106 cm³/mol. The van der Waals surface area contributed by atoms with Crippen LogP contribution in [0.25, 0.3) is 0 Å². The first-order valence-corrected chi connectivity index (χ1v) is 9.27. The number of anilines is 1. The minimum atomic E-state index is -0.695. The average molecular weight is 407 g/mol. The average Bonchev–Trinajstić information content (AvgIpc) is 3.09. The van der Waals surface area contributed by atoms with Crippen LogP contribution in [0.5, 0.6) is 17.4 Å². The molecule has 2 aromatic heterocycles. The lowest BCUT2D eigenvalue weighted by Crippen LogP contribution is -2.22. The Hall–Kier alpha value is -3.93. The van der Waals surface area contributed by atoms with Crippen LogP contribution in [0.1, 0.15) is 23.7 Å². The topological polar surface area (TPSA) is 102 Å². The van der Waals surface area contributed by atoms with Gasteiger partial charge in [0.2, 0.25) is 5.88 Å². The largest absolute Gasteiger partial charge is 0.473 e. The predicted octanol–water partition coefficient (Wildman–Crippen LogP) is 3.14. The van der Waals surface area contributed by atoms with Crippen molar-refractivity contribution >= 4 is 5.82 Å². The summed E-state index contributed by atoms with van der Waals surface area (Å²) in [5.74, 6) is 0.266. The number of ether oxygens (including phenoxy) is 2. The van der Waals surface area contributed by atoms with E-state index in [0.29, 0.717) is 29.4 Å². The van der Waals surface area contributed by atoms with Crippen LogP contribution < -0.4 is 20.5 Å². The number of aromatic nitrogens is 3. The zero-order valence-electron chi connectivity index (χ0n) is 16.3. The second kappa shape index (κ2) is 7.83. The van der Waals surface area contributed by atoms with Gasteiger partial charge in [-0.25, -0.2) is 9.18 Å². The lowest BCUT2D eigenvalue weighted by atomic mass is 10.1. The van der Waals surface area contributed by atoms with Crippen LogP contribution in [0.2, 0.25) is 0 Å². The van der Waals surface area contributed by atoms with E-state index in [4.69, 9.17) is 9.47 Å². The Morgan fingerprint density at radius 3 is 2.97 bits per heavy atom.